The lowest BCUT2D eigenvalue weighted by molar-refractivity contribution is 0.631. The van der Waals surface area contributed by atoms with Gasteiger partial charge in [-0.3, -0.25) is 14.3 Å². The van der Waals surface area contributed by atoms with Crippen LogP contribution >= 0.6 is 11.6 Å². The minimum Gasteiger partial charge on any atom is -0.356 e. The Kier molecular flexibility index (Phi) is 5.13. The standard InChI is InChI=1S/C24H21ClFN5O/c1-14-28-20-12-21(31-10-7-16(13-31)15-5-8-27-9-6-15)29-23(22(20)24(32)30(14)2)18-4-3-17(25)11-19(18)26/h3-6,8-9,11-12,16H,7,10,13H2,1-2H3. The highest BCUT2D eigenvalue weighted by Gasteiger charge is 2.27. The molecule has 162 valence electrons. The number of aromatic nitrogens is 4. The molecule has 0 spiro atoms. The van der Waals surface area contributed by atoms with Gasteiger partial charge in [0.1, 0.15) is 17.5 Å². The summed E-state index contributed by atoms with van der Waals surface area (Å²) >= 11 is 5.96. The first-order chi connectivity index (χ1) is 15.4. The third-order valence-electron chi connectivity index (χ3n) is 6.15. The highest BCUT2D eigenvalue weighted by atomic mass is 35.5. The minimum absolute atomic E-state index is 0.230. The molecule has 1 aliphatic rings. The van der Waals surface area contributed by atoms with Crippen LogP contribution < -0.4 is 10.5 Å². The largest absolute Gasteiger partial charge is 0.356 e. The second-order valence-corrected chi connectivity index (χ2v) is 8.52. The SMILES string of the molecule is Cc1nc2cc(N3CCC(c4ccncc4)C3)nc(-c3ccc(Cl)cc3F)c2c(=O)n1C. The van der Waals surface area contributed by atoms with Crippen molar-refractivity contribution in [3.05, 3.63) is 81.4 Å². The van der Waals surface area contributed by atoms with Gasteiger partial charge in [0, 0.05) is 55.1 Å². The summed E-state index contributed by atoms with van der Waals surface area (Å²) in [6.07, 6.45) is 4.57. The lowest BCUT2D eigenvalue weighted by Gasteiger charge is -2.20. The molecule has 1 unspecified atom stereocenters. The molecule has 32 heavy (non-hydrogen) atoms. The molecule has 8 heteroatoms. The molecule has 0 radical (unpaired) electrons. The molecule has 1 saturated heterocycles. The fraction of sp³-hybridized carbons (Fsp3) is 0.250. The molecule has 6 nitrogen and oxygen atoms in total. The lowest BCUT2D eigenvalue weighted by atomic mass is 10.00. The van der Waals surface area contributed by atoms with Gasteiger partial charge in [-0.05, 0) is 49.2 Å². The topological polar surface area (TPSA) is 63.9 Å². The van der Waals surface area contributed by atoms with Gasteiger partial charge in [0.15, 0.2) is 0 Å². The molecule has 5 rings (SSSR count). The molecule has 4 heterocycles. The third-order valence-corrected chi connectivity index (χ3v) is 6.38. The summed E-state index contributed by atoms with van der Waals surface area (Å²) in [6.45, 7) is 3.35. The van der Waals surface area contributed by atoms with Crippen molar-refractivity contribution in [2.24, 2.45) is 7.05 Å². The monoisotopic (exact) mass is 449 g/mol. The van der Waals surface area contributed by atoms with E-state index in [-0.39, 0.29) is 21.8 Å². The van der Waals surface area contributed by atoms with E-state index >= 15 is 0 Å². The number of halogens is 2. The maximum atomic E-state index is 14.9. The van der Waals surface area contributed by atoms with Crippen LogP contribution in [0, 0.1) is 12.7 Å². The molecule has 1 atom stereocenters. The molecule has 1 aliphatic heterocycles. The van der Waals surface area contributed by atoms with Crippen LogP contribution in [0.2, 0.25) is 5.02 Å². The van der Waals surface area contributed by atoms with Crippen molar-refractivity contribution < 1.29 is 4.39 Å². The van der Waals surface area contributed by atoms with Gasteiger partial charge in [-0.15, -0.1) is 0 Å². The van der Waals surface area contributed by atoms with Crippen LogP contribution in [0.4, 0.5) is 10.2 Å². The zero-order chi connectivity index (χ0) is 22.4. The number of rotatable bonds is 3. The number of anilines is 1. The van der Waals surface area contributed by atoms with Gasteiger partial charge in [0.05, 0.1) is 16.6 Å². The van der Waals surface area contributed by atoms with Gasteiger partial charge >= 0.3 is 0 Å². The lowest BCUT2D eigenvalue weighted by Crippen LogP contribution is -2.24. The van der Waals surface area contributed by atoms with Crippen molar-refractivity contribution in [2.75, 3.05) is 18.0 Å². The average molecular weight is 450 g/mol. The van der Waals surface area contributed by atoms with E-state index in [1.54, 1.807) is 38.5 Å². The molecule has 4 aromatic rings. The molecule has 0 amide bonds. The fourth-order valence-electron chi connectivity index (χ4n) is 4.30. The van der Waals surface area contributed by atoms with Crippen molar-refractivity contribution in [2.45, 2.75) is 19.3 Å². The molecular weight excluding hydrogens is 429 g/mol. The summed E-state index contributed by atoms with van der Waals surface area (Å²) in [5, 5.41) is 0.585. The van der Waals surface area contributed by atoms with Crippen molar-refractivity contribution in [3.63, 3.8) is 0 Å². The first-order valence-corrected chi connectivity index (χ1v) is 10.8. The number of fused-ring (bicyclic) bond motifs is 1. The van der Waals surface area contributed by atoms with E-state index in [4.69, 9.17) is 16.6 Å². The zero-order valence-corrected chi connectivity index (χ0v) is 18.5. The van der Waals surface area contributed by atoms with E-state index in [0.717, 1.165) is 19.5 Å². The maximum absolute atomic E-state index is 14.9. The Hall–Kier alpha value is -3.32. The zero-order valence-electron chi connectivity index (χ0n) is 17.7. The van der Waals surface area contributed by atoms with Crippen LogP contribution in [0.25, 0.3) is 22.2 Å². The third kappa shape index (κ3) is 3.52. The number of pyridine rings is 2. The van der Waals surface area contributed by atoms with Crippen molar-refractivity contribution in [3.8, 4) is 11.3 Å². The quantitative estimate of drug-likeness (QED) is 0.461. The van der Waals surface area contributed by atoms with Crippen molar-refractivity contribution >= 4 is 28.3 Å². The van der Waals surface area contributed by atoms with Crippen LogP contribution in [-0.4, -0.2) is 32.6 Å². The molecule has 1 aromatic carbocycles. The number of benzene rings is 1. The molecule has 0 N–H and O–H groups in total. The summed E-state index contributed by atoms with van der Waals surface area (Å²) in [6, 6.07) is 10.3. The van der Waals surface area contributed by atoms with Gasteiger partial charge in [-0.25, -0.2) is 14.4 Å². The normalized spacial score (nSPS) is 16.1. The Morgan fingerprint density at radius 2 is 1.91 bits per heavy atom. The van der Waals surface area contributed by atoms with E-state index in [1.807, 2.05) is 18.2 Å². The van der Waals surface area contributed by atoms with E-state index in [9.17, 15) is 9.18 Å². The predicted molar refractivity (Wildman–Crippen MR) is 124 cm³/mol. The maximum Gasteiger partial charge on any atom is 0.263 e. The van der Waals surface area contributed by atoms with E-state index in [2.05, 4.69) is 14.9 Å². The van der Waals surface area contributed by atoms with Gasteiger partial charge < -0.3 is 4.90 Å². The predicted octanol–water partition coefficient (Wildman–Crippen LogP) is 4.49. The Balaban J connectivity index is 1.67. The number of hydrogen-bond donors (Lipinski definition) is 0. The highest BCUT2D eigenvalue weighted by molar-refractivity contribution is 6.30. The smallest absolute Gasteiger partial charge is 0.263 e. The van der Waals surface area contributed by atoms with Gasteiger partial charge in [0.2, 0.25) is 0 Å². The summed E-state index contributed by atoms with van der Waals surface area (Å²) in [5.41, 5.74) is 2.00. The Morgan fingerprint density at radius 3 is 2.66 bits per heavy atom. The average Bonchev–Trinajstić information content (AvgIpc) is 3.28. The summed E-state index contributed by atoms with van der Waals surface area (Å²) < 4.78 is 16.3. The molecule has 1 fully saturated rings. The van der Waals surface area contributed by atoms with Crippen LogP contribution in [0.5, 0.6) is 0 Å². The highest BCUT2D eigenvalue weighted by Crippen LogP contribution is 2.34. The van der Waals surface area contributed by atoms with Crippen molar-refractivity contribution in [1.82, 2.24) is 19.5 Å². The Bertz CT molecular complexity index is 1390. The Morgan fingerprint density at radius 1 is 1.12 bits per heavy atom. The van der Waals surface area contributed by atoms with Crippen LogP contribution in [0.15, 0.2) is 53.6 Å². The summed E-state index contributed by atoms with van der Waals surface area (Å²) in [4.78, 5) is 28.8. The van der Waals surface area contributed by atoms with E-state index in [0.29, 0.717) is 28.5 Å². The number of aryl methyl sites for hydroxylation is 1. The number of nitrogens with zero attached hydrogens (tertiary/aromatic N) is 5. The second kappa shape index (κ2) is 7.98. The minimum atomic E-state index is -0.526. The molecule has 0 bridgehead atoms. The molecule has 0 aliphatic carbocycles. The first kappa shape index (κ1) is 20.6. The van der Waals surface area contributed by atoms with Gasteiger partial charge in [0.25, 0.3) is 5.56 Å². The Labute approximate surface area is 189 Å². The van der Waals surface area contributed by atoms with Crippen molar-refractivity contribution in [1.29, 1.82) is 0 Å². The second-order valence-electron chi connectivity index (χ2n) is 8.08. The van der Waals surface area contributed by atoms with Gasteiger partial charge in [-0.1, -0.05) is 11.6 Å². The molecular formula is C24H21ClFN5O. The van der Waals surface area contributed by atoms with Crippen LogP contribution in [0.1, 0.15) is 23.7 Å². The van der Waals surface area contributed by atoms with Crippen LogP contribution in [-0.2, 0) is 7.05 Å². The fourth-order valence-corrected chi connectivity index (χ4v) is 4.45. The number of hydrogen-bond acceptors (Lipinski definition) is 5. The molecule has 0 saturated carbocycles. The summed E-state index contributed by atoms with van der Waals surface area (Å²) in [5.74, 6) is 1.09. The van der Waals surface area contributed by atoms with Gasteiger partial charge in [-0.2, -0.15) is 0 Å². The molecule has 3 aromatic heterocycles. The van der Waals surface area contributed by atoms with E-state index in [1.165, 1.54) is 16.2 Å². The first-order valence-electron chi connectivity index (χ1n) is 10.4. The summed E-state index contributed by atoms with van der Waals surface area (Å²) in [7, 11) is 1.65. The van der Waals surface area contributed by atoms with Crippen LogP contribution in [0.3, 0.4) is 0 Å². The van der Waals surface area contributed by atoms with E-state index < -0.39 is 5.82 Å².